The maximum atomic E-state index is 12.5. The first-order chi connectivity index (χ1) is 12.5. The first-order valence-corrected chi connectivity index (χ1v) is 9.18. The number of esters is 1. The topological polar surface area (TPSA) is 51.5 Å². The summed E-state index contributed by atoms with van der Waals surface area (Å²) in [6, 6.07) is 9.96. The number of ether oxygens (including phenoxy) is 1. The van der Waals surface area contributed by atoms with Crippen molar-refractivity contribution in [3.8, 4) is 5.69 Å². The molecule has 2 aromatic rings. The molecule has 0 N–H and O–H groups in total. The van der Waals surface area contributed by atoms with Crippen molar-refractivity contribution in [3.05, 3.63) is 52.8 Å². The normalized spacial score (nSPS) is 14.3. The quantitative estimate of drug-likeness (QED) is 0.789. The third kappa shape index (κ3) is 3.82. The number of benzene rings is 1. The van der Waals surface area contributed by atoms with Gasteiger partial charge in [-0.25, -0.2) is 4.79 Å². The van der Waals surface area contributed by atoms with E-state index in [1.807, 2.05) is 49.6 Å². The zero-order valence-corrected chi connectivity index (χ0v) is 15.7. The van der Waals surface area contributed by atoms with Gasteiger partial charge in [0.25, 0.3) is 5.91 Å². The predicted octanol–water partition coefficient (Wildman–Crippen LogP) is 3.57. The minimum atomic E-state index is -0.442. The molecule has 1 aliphatic rings. The lowest BCUT2D eigenvalue weighted by Crippen LogP contribution is -2.38. The molecule has 1 saturated heterocycles. The van der Waals surface area contributed by atoms with Gasteiger partial charge in [-0.1, -0.05) is 12.1 Å². The molecule has 5 heteroatoms. The van der Waals surface area contributed by atoms with Gasteiger partial charge < -0.3 is 14.2 Å². The summed E-state index contributed by atoms with van der Waals surface area (Å²) in [6.45, 7) is 7.24. The third-order valence-corrected chi connectivity index (χ3v) is 4.95. The van der Waals surface area contributed by atoms with Gasteiger partial charge in [0.05, 0.1) is 5.56 Å². The first-order valence-electron chi connectivity index (χ1n) is 9.18. The Morgan fingerprint density at radius 2 is 1.77 bits per heavy atom. The fourth-order valence-electron chi connectivity index (χ4n) is 3.57. The average Bonchev–Trinajstić information content (AvgIpc) is 2.94. The van der Waals surface area contributed by atoms with E-state index in [0.717, 1.165) is 55.0 Å². The number of amides is 1. The van der Waals surface area contributed by atoms with E-state index < -0.39 is 5.97 Å². The van der Waals surface area contributed by atoms with Gasteiger partial charge in [-0.15, -0.1) is 0 Å². The molecule has 3 rings (SSSR count). The van der Waals surface area contributed by atoms with Gasteiger partial charge in [0, 0.05) is 30.2 Å². The fraction of sp³-hybridized carbons (Fsp3) is 0.429. The van der Waals surface area contributed by atoms with Crippen LogP contribution in [0.5, 0.6) is 0 Å². The van der Waals surface area contributed by atoms with Gasteiger partial charge in [0.1, 0.15) is 0 Å². The summed E-state index contributed by atoms with van der Waals surface area (Å²) in [4.78, 5) is 26.5. The average molecular weight is 354 g/mol. The van der Waals surface area contributed by atoms with E-state index in [0.29, 0.717) is 5.56 Å². The van der Waals surface area contributed by atoms with E-state index in [1.54, 1.807) is 4.90 Å². The van der Waals surface area contributed by atoms with Crippen LogP contribution in [-0.2, 0) is 9.53 Å². The van der Waals surface area contributed by atoms with Crippen LogP contribution in [-0.4, -0.2) is 41.0 Å². The molecule has 0 bridgehead atoms. The Hall–Kier alpha value is -2.56. The Bertz CT molecular complexity index is 817. The zero-order valence-electron chi connectivity index (χ0n) is 15.7. The standard InChI is InChI=1S/C21H26N2O3/c1-15-8-7-9-18(12-15)23-16(2)13-19(17(23)3)21(25)26-14-20(24)22-10-5-4-6-11-22/h7-9,12-13H,4-6,10-11,14H2,1-3H3. The lowest BCUT2D eigenvalue weighted by atomic mass is 10.1. The summed E-state index contributed by atoms with van der Waals surface area (Å²) in [7, 11) is 0. The molecule has 0 atom stereocenters. The smallest absolute Gasteiger partial charge is 0.340 e. The highest BCUT2D eigenvalue weighted by Crippen LogP contribution is 2.22. The number of carbonyl (C=O) groups excluding carboxylic acids is 2. The molecule has 26 heavy (non-hydrogen) atoms. The van der Waals surface area contributed by atoms with Crippen LogP contribution in [0.3, 0.4) is 0 Å². The molecule has 0 aliphatic carbocycles. The third-order valence-electron chi connectivity index (χ3n) is 4.95. The highest BCUT2D eigenvalue weighted by Gasteiger charge is 2.21. The molecule has 0 saturated carbocycles. The second-order valence-corrected chi connectivity index (χ2v) is 6.98. The number of carbonyl (C=O) groups is 2. The van der Waals surface area contributed by atoms with Crippen LogP contribution in [0.2, 0.25) is 0 Å². The van der Waals surface area contributed by atoms with Crippen LogP contribution in [0.25, 0.3) is 5.69 Å². The number of rotatable bonds is 4. The Labute approximate surface area is 154 Å². The lowest BCUT2D eigenvalue weighted by molar-refractivity contribution is -0.135. The molecule has 1 aromatic heterocycles. The molecule has 138 valence electrons. The molecule has 0 radical (unpaired) electrons. The maximum Gasteiger partial charge on any atom is 0.340 e. The Balaban J connectivity index is 1.72. The van der Waals surface area contributed by atoms with Crippen molar-refractivity contribution in [2.45, 2.75) is 40.0 Å². The maximum absolute atomic E-state index is 12.5. The number of piperidine rings is 1. The summed E-state index contributed by atoms with van der Waals surface area (Å²) in [5.74, 6) is -0.548. The van der Waals surface area contributed by atoms with Gasteiger partial charge in [-0.05, 0) is 63.8 Å². The van der Waals surface area contributed by atoms with Crippen molar-refractivity contribution in [2.24, 2.45) is 0 Å². The molecular weight excluding hydrogens is 328 g/mol. The molecule has 0 spiro atoms. The van der Waals surface area contributed by atoms with Crippen molar-refractivity contribution >= 4 is 11.9 Å². The number of likely N-dealkylation sites (tertiary alicyclic amines) is 1. The number of hydrogen-bond donors (Lipinski definition) is 0. The van der Waals surface area contributed by atoms with Crippen LogP contribution in [0.1, 0.15) is 46.6 Å². The highest BCUT2D eigenvalue weighted by molar-refractivity contribution is 5.93. The van der Waals surface area contributed by atoms with Crippen molar-refractivity contribution in [3.63, 3.8) is 0 Å². The second kappa shape index (κ2) is 7.77. The number of nitrogens with zero attached hydrogens (tertiary/aromatic N) is 2. The number of hydrogen-bond acceptors (Lipinski definition) is 3. The van der Waals surface area contributed by atoms with E-state index in [9.17, 15) is 9.59 Å². The van der Waals surface area contributed by atoms with Crippen molar-refractivity contribution in [1.82, 2.24) is 9.47 Å². The fourth-order valence-corrected chi connectivity index (χ4v) is 3.57. The monoisotopic (exact) mass is 354 g/mol. The Kier molecular flexibility index (Phi) is 5.45. The highest BCUT2D eigenvalue weighted by atomic mass is 16.5. The van der Waals surface area contributed by atoms with E-state index in [2.05, 4.69) is 6.07 Å². The van der Waals surface area contributed by atoms with Gasteiger partial charge in [0.2, 0.25) is 0 Å². The molecule has 5 nitrogen and oxygen atoms in total. The van der Waals surface area contributed by atoms with Crippen molar-refractivity contribution < 1.29 is 14.3 Å². The van der Waals surface area contributed by atoms with Gasteiger partial charge in [-0.2, -0.15) is 0 Å². The summed E-state index contributed by atoms with van der Waals surface area (Å²) in [6.07, 6.45) is 3.21. The Morgan fingerprint density at radius 1 is 1.04 bits per heavy atom. The molecule has 0 unspecified atom stereocenters. The van der Waals surface area contributed by atoms with E-state index in [1.165, 1.54) is 0 Å². The predicted molar refractivity (Wildman–Crippen MR) is 101 cm³/mol. The molecule has 1 amide bonds. The van der Waals surface area contributed by atoms with Crippen molar-refractivity contribution in [1.29, 1.82) is 0 Å². The van der Waals surface area contributed by atoms with E-state index in [-0.39, 0.29) is 12.5 Å². The van der Waals surface area contributed by atoms with Gasteiger partial charge in [0.15, 0.2) is 6.61 Å². The van der Waals surface area contributed by atoms with Gasteiger partial charge >= 0.3 is 5.97 Å². The second-order valence-electron chi connectivity index (χ2n) is 6.98. The summed E-state index contributed by atoms with van der Waals surface area (Å²) >= 11 is 0. The van der Waals surface area contributed by atoms with Crippen LogP contribution < -0.4 is 0 Å². The lowest BCUT2D eigenvalue weighted by Gasteiger charge is -2.26. The first kappa shape index (κ1) is 18.2. The van der Waals surface area contributed by atoms with Crippen LogP contribution in [0, 0.1) is 20.8 Å². The van der Waals surface area contributed by atoms with Gasteiger partial charge in [-0.3, -0.25) is 4.79 Å². The summed E-state index contributed by atoms with van der Waals surface area (Å²) in [5, 5.41) is 0. The van der Waals surface area contributed by atoms with Crippen LogP contribution >= 0.6 is 0 Å². The van der Waals surface area contributed by atoms with Crippen LogP contribution in [0.15, 0.2) is 30.3 Å². The molecule has 2 heterocycles. The number of aromatic nitrogens is 1. The van der Waals surface area contributed by atoms with Crippen LogP contribution in [0.4, 0.5) is 0 Å². The molecular formula is C21H26N2O3. The van der Waals surface area contributed by atoms with E-state index in [4.69, 9.17) is 4.74 Å². The minimum Gasteiger partial charge on any atom is -0.452 e. The zero-order chi connectivity index (χ0) is 18.7. The van der Waals surface area contributed by atoms with Crippen molar-refractivity contribution in [2.75, 3.05) is 19.7 Å². The molecule has 1 aliphatic heterocycles. The number of aryl methyl sites for hydroxylation is 2. The summed E-state index contributed by atoms with van der Waals surface area (Å²) < 4.78 is 7.35. The summed E-state index contributed by atoms with van der Waals surface area (Å²) in [5.41, 5.74) is 4.47. The largest absolute Gasteiger partial charge is 0.452 e. The molecule has 1 fully saturated rings. The minimum absolute atomic E-state index is 0.106. The molecule has 1 aromatic carbocycles. The van der Waals surface area contributed by atoms with E-state index >= 15 is 0 Å². The Morgan fingerprint density at radius 3 is 2.46 bits per heavy atom. The SMILES string of the molecule is Cc1cccc(-n2c(C)cc(C(=O)OCC(=O)N3CCCCC3)c2C)c1.